The number of hydrogen-bond donors (Lipinski definition) is 2. The molecule has 1 heterocycles. The Kier molecular flexibility index (Phi) is 4.60. The number of anilines is 1. The van der Waals surface area contributed by atoms with Gasteiger partial charge in [-0.05, 0) is 37.3 Å². The van der Waals surface area contributed by atoms with Crippen molar-refractivity contribution in [3.63, 3.8) is 0 Å². The number of benzene rings is 1. The van der Waals surface area contributed by atoms with Crippen molar-refractivity contribution in [2.45, 2.75) is 33.2 Å². The zero-order chi connectivity index (χ0) is 15.6. The maximum atomic E-state index is 9.02. The molecular formula is C16H25N3O2. The molecule has 2 rings (SSSR count). The smallest absolute Gasteiger partial charge is 0.172 e. The summed E-state index contributed by atoms with van der Waals surface area (Å²) in [6.07, 6.45) is 1.22. The van der Waals surface area contributed by atoms with Crippen LogP contribution in [0.3, 0.4) is 0 Å². The normalized spacial score (nSPS) is 26.8. The lowest BCUT2D eigenvalue weighted by atomic mass is 9.85. The van der Waals surface area contributed by atoms with Gasteiger partial charge in [-0.25, -0.2) is 0 Å². The first kappa shape index (κ1) is 15.5. The van der Waals surface area contributed by atoms with Crippen molar-refractivity contribution in [2.75, 3.05) is 18.6 Å². The molecule has 1 aliphatic rings. The van der Waals surface area contributed by atoms with E-state index in [1.54, 1.807) is 7.11 Å². The second-order valence-electron chi connectivity index (χ2n) is 6.08. The van der Waals surface area contributed by atoms with Gasteiger partial charge in [0.15, 0.2) is 5.84 Å². The first-order chi connectivity index (χ1) is 9.97. The molecule has 1 fully saturated rings. The second kappa shape index (κ2) is 6.24. The van der Waals surface area contributed by atoms with Gasteiger partial charge < -0.3 is 20.6 Å². The number of amidine groups is 1. The van der Waals surface area contributed by atoms with Gasteiger partial charge in [0.1, 0.15) is 5.75 Å². The van der Waals surface area contributed by atoms with Gasteiger partial charge in [-0.1, -0.05) is 19.0 Å². The van der Waals surface area contributed by atoms with Crippen LogP contribution in [0.2, 0.25) is 0 Å². The van der Waals surface area contributed by atoms with Gasteiger partial charge >= 0.3 is 0 Å². The highest BCUT2D eigenvalue weighted by molar-refractivity contribution is 6.02. The summed E-state index contributed by atoms with van der Waals surface area (Å²) in [6.45, 7) is 7.73. The molecule has 0 spiro atoms. The van der Waals surface area contributed by atoms with Crippen molar-refractivity contribution in [3.8, 4) is 5.75 Å². The number of nitrogens with zero attached hydrogens (tertiary/aromatic N) is 2. The summed E-state index contributed by atoms with van der Waals surface area (Å²) < 4.78 is 5.33. The van der Waals surface area contributed by atoms with Gasteiger partial charge in [-0.2, -0.15) is 0 Å². The minimum atomic E-state index is 0.130. The Balaban J connectivity index is 2.49. The Hall–Kier alpha value is -1.91. The average Bonchev–Trinajstić information content (AvgIpc) is 2.49. The Morgan fingerprint density at radius 2 is 2.10 bits per heavy atom. The van der Waals surface area contributed by atoms with E-state index >= 15 is 0 Å². The van der Waals surface area contributed by atoms with Gasteiger partial charge in [0.25, 0.3) is 0 Å². The summed E-state index contributed by atoms with van der Waals surface area (Å²) >= 11 is 0. The lowest BCUT2D eigenvalue weighted by molar-refractivity contribution is 0.296. The van der Waals surface area contributed by atoms with Crippen LogP contribution in [-0.2, 0) is 0 Å². The van der Waals surface area contributed by atoms with E-state index in [0.29, 0.717) is 17.9 Å². The van der Waals surface area contributed by atoms with Gasteiger partial charge in [0.2, 0.25) is 0 Å². The second-order valence-corrected chi connectivity index (χ2v) is 6.08. The molecule has 1 aliphatic heterocycles. The fourth-order valence-corrected chi connectivity index (χ4v) is 3.18. The van der Waals surface area contributed by atoms with E-state index in [-0.39, 0.29) is 5.84 Å². The molecule has 0 radical (unpaired) electrons. The van der Waals surface area contributed by atoms with Crippen LogP contribution in [0.1, 0.15) is 32.8 Å². The number of oxime groups is 1. The number of methoxy groups -OCH3 is 1. The van der Waals surface area contributed by atoms with Crippen LogP contribution < -0.4 is 15.4 Å². The summed E-state index contributed by atoms with van der Waals surface area (Å²) in [6, 6.07) is 6.05. The topological polar surface area (TPSA) is 71.1 Å². The van der Waals surface area contributed by atoms with Crippen LogP contribution in [0.15, 0.2) is 23.4 Å². The van der Waals surface area contributed by atoms with Gasteiger partial charge in [0, 0.05) is 24.2 Å². The molecule has 3 atom stereocenters. The van der Waals surface area contributed by atoms with Gasteiger partial charge in [-0.15, -0.1) is 0 Å². The van der Waals surface area contributed by atoms with Crippen molar-refractivity contribution in [1.82, 2.24) is 0 Å². The molecule has 0 aliphatic carbocycles. The fourth-order valence-electron chi connectivity index (χ4n) is 3.18. The molecule has 0 saturated carbocycles. The Morgan fingerprint density at radius 1 is 1.38 bits per heavy atom. The number of nitrogens with two attached hydrogens (primary N) is 1. The highest BCUT2D eigenvalue weighted by Crippen LogP contribution is 2.35. The average molecular weight is 291 g/mol. The Labute approximate surface area is 126 Å². The zero-order valence-corrected chi connectivity index (χ0v) is 13.2. The molecule has 1 aromatic carbocycles. The predicted molar refractivity (Wildman–Crippen MR) is 85.3 cm³/mol. The largest absolute Gasteiger partial charge is 0.497 e. The summed E-state index contributed by atoms with van der Waals surface area (Å²) in [5.41, 5.74) is 7.55. The molecule has 1 aromatic rings. The predicted octanol–water partition coefficient (Wildman–Crippen LogP) is 2.66. The minimum absolute atomic E-state index is 0.130. The van der Waals surface area contributed by atoms with Crippen LogP contribution in [0, 0.1) is 11.8 Å². The van der Waals surface area contributed by atoms with E-state index in [1.807, 2.05) is 18.2 Å². The maximum Gasteiger partial charge on any atom is 0.172 e. The number of rotatable bonds is 3. The van der Waals surface area contributed by atoms with Crippen molar-refractivity contribution >= 4 is 11.5 Å². The maximum absolute atomic E-state index is 9.02. The third kappa shape index (κ3) is 3.06. The van der Waals surface area contributed by atoms with Gasteiger partial charge in [0.05, 0.1) is 12.8 Å². The third-order valence-electron chi connectivity index (χ3n) is 4.50. The summed E-state index contributed by atoms with van der Waals surface area (Å²) in [7, 11) is 1.65. The van der Waals surface area contributed by atoms with E-state index in [1.165, 1.54) is 6.42 Å². The minimum Gasteiger partial charge on any atom is -0.497 e. The van der Waals surface area contributed by atoms with Crippen molar-refractivity contribution in [2.24, 2.45) is 22.7 Å². The number of ether oxygens (including phenoxy) is 1. The Morgan fingerprint density at radius 3 is 2.71 bits per heavy atom. The van der Waals surface area contributed by atoms with Crippen LogP contribution in [0.5, 0.6) is 5.75 Å². The SMILES string of the molecule is COc1ccc(/C(N)=N/O)c(N2CC(C)CC(C)C2C)c1. The lowest BCUT2D eigenvalue weighted by Crippen LogP contribution is -2.46. The first-order valence-corrected chi connectivity index (χ1v) is 7.40. The third-order valence-corrected chi connectivity index (χ3v) is 4.50. The molecule has 116 valence electrons. The Bertz CT molecular complexity index is 530. The van der Waals surface area contributed by atoms with Crippen LogP contribution in [0.4, 0.5) is 5.69 Å². The fraction of sp³-hybridized carbons (Fsp3) is 0.562. The molecule has 21 heavy (non-hydrogen) atoms. The number of hydrogen-bond acceptors (Lipinski definition) is 4. The number of piperidine rings is 1. The molecule has 0 amide bonds. The van der Waals surface area contributed by atoms with Crippen molar-refractivity contribution in [1.29, 1.82) is 0 Å². The summed E-state index contributed by atoms with van der Waals surface area (Å²) in [5, 5.41) is 12.2. The van der Waals surface area contributed by atoms with Crippen LogP contribution >= 0.6 is 0 Å². The molecular weight excluding hydrogens is 266 g/mol. The summed E-state index contributed by atoms with van der Waals surface area (Å²) in [5.74, 6) is 2.12. The highest BCUT2D eigenvalue weighted by Gasteiger charge is 2.30. The van der Waals surface area contributed by atoms with Crippen molar-refractivity contribution < 1.29 is 9.94 Å². The van der Waals surface area contributed by atoms with Crippen LogP contribution in [-0.4, -0.2) is 30.7 Å². The highest BCUT2D eigenvalue weighted by atomic mass is 16.5. The first-order valence-electron chi connectivity index (χ1n) is 7.40. The monoisotopic (exact) mass is 291 g/mol. The lowest BCUT2D eigenvalue weighted by Gasteiger charge is -2.43. The van der Waals surface area contributed by atoms with Crippen molar-refractivity contribution in [3.05, 3.63) is 23.8 Å². The van der Waals surface area contributed by atoms with E-state index in [9.17, 15) is 0 Å². The molecule has 5 heteroatoms. The van der Waals surface area contributed by atoms with E-state index in [4.69, 9.17) is 15.7 Å². The molecule has 0 bridgehead atoms. The summed E-state index contributed by atoms with van der Waals surface area (Å²) in [4.78, 5) is 2.34. The quantitative estimate of drug-likeness (QED) is 0.389. The molecule has 3 N–H and O–H groups in total. The van der Waals surface area contributed by atoms with Gasteiger partial charge in [-0.3, -0.25) is 0 Å². The zero-order valence-electron chi connectivity index (χ0n) is 13.2. The molecule has 3 unspecified atom stereocenters. The van der Waals surface area contributed by atoms with E-state index in [2.05, 4.69) is 30.8 Å². The standard InChI is InChI=1S/C16H25N3O2/c1-10-7-11(2)12(3)19(9-10)15-8-13(21-4)5-6-14(15)16(17)18-20/h5-6,8,10-12,20H,7,9H2,1-4H3,(H2,17,18). The van der Waals surface area contributed by atoms with Crippen LogP contribution in [0.25, 0.3) is 0 Å². The molecule has 1 saturated heterocycles. The van der Waals surface area contributed by atoms with E-state index in [0.717, 1.165) is 23.5 Å². The molecule has 0 aromatic heterocycles. The molecule has 5 nitrogen and oxygen atoms in total. The van der Waals surface area contributed by atoms with E-state index < -0.39 is 0 Å².